The molecule has 2 aromatic heterocycles. The summed E-state index contributed by atoms with van der Waals surface area (Å²) in [6.45, 7) is 5.80. The second-order valence-electron chi connectivity index (χ2n) is 7.35. The summed E-state index contributed by atoms with van der Waals surface area (Å²) in [7, 11) is 0. The Balaban J connectivity index is 1.36. The SMILES string of the molecule is Cc1cc(Nc2nncs2)cc([C@@H]2CN(C(=O)CCOc3ccccc3C)CCO2)n1. The number of rotatable bonds is 7. The zero-order valence-corrected chi connectivity index (χ0v) is 18.4. The van der Waals surface area contributed by atoms with Crippen LogP contribution in [0.3, 0.4) is 0 Å². The number of ether oxygens (including phenoxy) is 2. The summed E-state index contributed by atoms with van der Waals surface area (Å²) in [6.07, 6.45) is 0.0523. The Kier molecular flexibility index (Phi) is 6.73. The third-order valence-electron chi connectivity index (χ3n) is 5.00. The van der Waals surface area contributed by atoms with Crippen LogP contribution in [0.1, 0.15) is 29.5 Å². The molecular formula is C22H25N5O3S. The first kappa shape index (κ1) is 21.2. The van der Waals surface area contributed by atoms with Gasteiger partial charge in [0.25, 0.3) is 0 Å². The Morgan fingerprint density at radius 2 is 2.19 bits per heavy atom. The summed E-state index contributed by atoms with van der Waals surface area (Å²) in [5.74, 6) is 0.872. The van der Waals surface area contributed by atoms with Gasteiger partial charge in [0.2, 0.25) is 11.0 Å². The van der Waals surface area contributed by atoms with E-state index in [2.05, 4.69) is 20.5 Å². The molecule has 0 unspecified atom stereocenters. The van der Waals surface area contributed by atoms with Gasteiger partial charge >= 0.3 is 0 Å². The first-order valence-electron chi connectivity index (χ1n) is 10.2. The van der Waals surface area contributed by atoms with E-state index in [4.69, 9.17) is 9.47 Å². The number of nitrogens with one attached hydrogen (secondary N) is 1. The molecule has 8 nitrogen and oxygen atoms in total. The van der Waals surface area contributed by atoms with Crippen molar-refractivity contribution in [1.29, 1.82) is 0 Å². The number of para-hydroxylation sites is 1. The molecule has 1 aliphatic rings. The molecule has 3 aromatic rings. The lowest BCUT2D eigenvalue weighted by Crippen LogP contribution is -2.42. The van der Waals surface area contributed by atoms with Crippen molar-refractivity contribution in [3.05, 3.63) is 58.9 Å². The number of benzene rings is 1. The second-order valence-corrected chi connectivity index (χ2v) is 8.19. The molecule has 0 spiro atoms. The second kappa shape index (κ2) is 9.84. The van der Waals surface area contributed by atoms with E-state index in [0.29, 0.717) is 37.9 Å². The molecule has 1 amide bonds. The number of carbonyl (C=O) groups is 1. The fraction of sp³-hybridized carbons (Fsp3) is 0.364. The van der Waals surface area contributed by atoms with Gasteiger partial charge in [-0.1, -0.05) is 29.5 Å². The molecule has 1 atom stereocenters. The van der Waals surface area contributed by atoms with Crippen molar-refractivity contribution >= 4 is 28.1 Å². The maximum absolute atomic E-state index is 12.7. The van der Waals surface area contributed by atoms with Gasteiger partial charge in [0.05, 0.1) is 31.9 Å². The molecular weight excluding hydrogens is 414 g/mol. The predicted octanol–water partition coefficient (Wildman–Crippen LogP) is 3.66. The third-order valence-corrected chi connectivity index (χ3v) is 5.61. The summed E-state index contributed by atoms with van der Waals surface area (Å²) in [5.41, 5.74) is 5.26. The standard InChI is InChI=1S/C22H25N5O3S/c1-15-5-3-4-6-19(15)29-9-7-21(28)27-8-10-30-20(13-27)18-12-17(11-16(2)24-18)25-22-26-23-14-31-22/h3-6,11-12,14,20H,7-10,13H2,1-2H3,(H,24,25,26)/t20-/m0/s1. The highest BCUT2D eigenvalue weighted by atomic mass is 32.1. The maximum atomic E-state index is 12.7. The van der Waals surface area contributed by atoms with E-state index < -0.39 is 0 Å². The van der Waals surface area contributed by atoms with E-state index in [1.807, 2.05) is 55.1 Å². The van der Waals surface area contributed by atoms with Crippen LogP contribution in [0.4, 0.5) is 10.8 Å². The van der Waals surface area contributed by atoms with Crippen LogP contribution in [-0.2, 0) is 9.53 Å². The van der Waals surface area contributed by atoms with Crippen molar-refractivity contribution in [3.8, 4) is 5.75 Å². The fourth-order valence-electron chi connectivity index (χ4n) is 3.46. The Morgan fingerprint density at radius 3 is 3.00 bits per heavy atom. The van der Waals surface area contributed by atoms with Gasteiger partial charge in [-0.05, 0) is 37.6 Å². The van der Waals surface area contributed by atoms with Gasteiger partial charge in [0.15, 0.2) is 0 Å². The van der Waals surface area contributed by atoms with E-state index in [1.54, 1.807) is 5.51 Å². The lowest BCUT2D eigenvalue weighted by atomic mass is 10.1. The number of amides is 1. The van der Waals surface area contributed by atoms with Crippen molar-refractivity contribution in [3.63, 3.8) is 0 Å². The van der Waals surface area contributed by atoms with Crippen LogP contribution in [0.2, 0.25) is 0 Å². The average Bonchev–Trinajstić information content (AvgIpc) is 3.28. The number of nitrogens with zero attached hydrogens (tertiary/aromatic N) is 4. The number of hydrogen-bond acceptors (Lipinski definition) is 8. The summed E-state index contributed by atoms with van der Waals surface area (Å²) in [6, 6.07) is 11.7. The monoisotopic (exact) mass is 439 g/mol. The summed E-state index contributed by atoms with van der Waals surface area (Å²) in [5, 5.41) is 11.8. The third kappa shape index (κ3) is 5.56. The molecule has 1 N–H and O–H groups in total. The van der Waals surface area contributed by atoms with Gasteiger partial charge in [0, 0.05) is 17.9 Å². The van der Waals surface area contributed by atoms with E-state index >= 15 is 0 Å². The van der Waals surface area contributed by atoms with Crippen LogP contribution in [0.5, 0.6) is 5.75 Å². The quantitative estimate of drug-likeness (QED) is 0.601. The van der Waals surface area contributed by atoms with E-state index in [0.717, 1.165) is 28.4 Å². The van der Waals surface area contributed by atoms with Crippen molar-refractivity contribution in [2.75, 3.05) is 31.6 Å². The number of aromatic nitrogens is 3. The maximum Gasteiger partial charge on any atom is 0.226 e. The van der Waals surface area contributed by atoms with Crippen LogP contribution < -0.4 is 10.1 Å². The molecule has 9 heteroatoms. The fourth-order valence-corrected chi connectivity index (χ4v) is 3.93. The van der Waals surface area contributed by atoms with Crippen LogP contribution in [0.15, 0.2) is 41.9 Å². The molecule has 31 heavy (non-hydrogen) atoms. The molecule has 0 bridgehead atoms. The highest BCUT2D eigenvalue weighted by Crippen LogP contribution is 2.26. The number of hydrogen-bond donors (Lipinski definition) is 1. The summed E-state index contributed by atoms with van der Waals surface area (Å²) >= 11 is 1.43. The molecule has 0 saturated carbocycles. The number of pyridine rings is 1. The van der Waals surface area contributed by atoms with Gasteiger partial charge in [-0.3, -0.25) is 9.78 Å². The minimum absolute atomic E-state index is 0.0572. The van der Waals surface area contributed by atoms with E-state index in [9.17, 15) is 4.79 Å². The normalized spacial score (nSPS) is 16.2. The molecule has 1 saturated heterocycles. The zero-order valence-electron chi connectivity index (χ0n) is 17.6. The lowest BCUT2D eigenvalue weighted by Gasteiger charge is -2.33. The Labute approximate surface area is 185 Å². The number of aryl methyl sites for hydroxylation is 2. The van der Waals surface area contributed by atoms with Gasteiger partial charge in [-0.2, -0.15) is 0 Å². The summed E-state index contributed by atoms with van der Waals surface area (Å²) in [4.78, 5) is 19.2. The minimum Gasteiger partial charge on any atom is -0.493 e. The van der Waals surface area contributed by atoms with Crippen molar-refractivity contribution < 1.29 is 14.3 Å². The van der Waals surface area contributed by atoms with E-state index in [1.165, 1.54) is 11.3 Å². The Bertz CT molecular complexity index is 1030. The van der Waals surface area contributed by atoms with Crippen molar-refractivity contribution in [1.82, 2.24) is 20.1 Å². The Hall–Kier alpha value is -3.04. The molecule has 1 fully saturated rings. The van der Waals surface area contributed by atoms with Crippen LogP contribution in [0, 0.1) is 13.8 Å². The first-order chi connectivity index (χ1) is 15.1. The number of anilines is 2. The number of carbonyl (C=O) groups excluding carboxylic acids is 1. The van der Waals surface area contributed by atoms with Crippen molar-refractivity contribution in [2.45, 2.75) is 26.4 Å². The predicted molar refractivity (Wildman–Crippen MR) is 119 cm³/mol. The van der Waals surface area contributed by atoms with Crippen LogP contribution in [-0.4, -0.2) is 52.3 Å². The van der Waals surface area contributed by atoms with Gasteiger partial charge in [-0.15, -0.1) is 10.2 Å². The van der Waals surface area contributed by atoms with Gasteiger partial charge in [-0.25, -0.2) is 0 Å². The van der Waals surface area contributed by atoms with Gasteiger partial charge in [0.1, 0.15) is 17.4 Å². The largest absolute Gasteiger partial charge is 0.493 e. The minimum atomic E-state index is -0.273. The average molecular weight is 440 g/mol. The first-order valence-corrected chi connectivity index (χ1v) is 11.1. The van der Waals surface area contributed by atoms with Gasteiger partial charge < -0.3 is 19.7 Å². The van der Waals surface area contributed by atoms with E-state index in [-0.39, 0.29) is 12.0 Å². The molecule has 3 heterocycles. The Morgan fingerprint density at radius 1 is 1.32 bits per heavy atom. The molecule has 0 aliphatic carbocycles. The molecule has 1 aliphatic heterocycles. The van der Waals surface area contributed by atoms with Crippen LogP contribution in [0.25, 0.3) is 0 Å². The molecule has 4 rings (SSSR count). The smallest absolute Gasteiger partial charge is 0.226 e. The highest BCUT2D eigenvalue weighted by molar-refractivity contribution is 7.13. The summed E-state index contributed by atoms with van der Waals surface area (Å²) < 4.78 is 11.7. The zero-order chi connectivity index (χ0) is 21.6. The number of morpholine rings is 1. The lowest BCUT2D eigenvalue weighted by molar-refractivity contribution is -0.139. The molecule has 0 radical (unpaired) electrons. The van der Waals surface area contributed by atoms with Crippen LogP contribution >= 0.6 is 11.3 Å². The van der Waals surface area contributed by atoms with Crippen molar-refractivity contribution in [2.24, 2.45) is 0 Å². The molecule has 162 valence electrons. The molecule has 1 aromatic carbocycles. The topological polar surface area (TPSA) is 89.5 Å². The highest BCUT2D eigenvalue weighted by Gasteiger charge is 2.26.